The molecular weight excluding hydrogens is 266 g/mol. The molecule has 0 fully saturated rings. The summed E-state index contributed by atoms with van der Waals surface area (Å²) in [6.45, 7) is -0.305. The molecule has 2 rings (SSSR count). The van der Waals surface area contributed by atoms with E-state index in [0.717, 1.165) is 6.07 Å². The Labute approximate surface area is 114 Å². The molecule has 0 aliphatic carbocycles. The molecule has 4 nitrogen and oxygen atoms in total. The maximum absolute atomic E-state index is 13.5. The van der Waals surface area contributed by atoms with E-state index in [2.05, 4.69) is 5.32 Å². The number of nitrogens with two attached hydrogens (primary N) is 1. The summed E-state index contributed by atoms with van der Waals surface area (Å²) in [6.07, 6.45) is 0. The second-order valence-corrected chi connectivity index (χ2v) is 4.00. The first kappa shape index (κ1) is 13.8. The third kappa shape index (κ3) is 3.44. The highest BCUT2D eigenvalue weighted by atomic mass is 19.1. The first-order valence-electron chi connectivity index (χ1n) is 5.78. The predicted molar refractivity (Wildman–Crippen MR) is 71.3 cm³/mol. The lowest BCUT2D eigenvalue weighted by Gasteiger charge is -2.10. The minimum absolute atomic E-state index is 0.185. The number of para-hydroxylation sites is 1. The molecule has 0 atom stereocenters. The van der Waals surface area contributed by atoms with Gasteiger partial charge in [-0.05, 0) is 18.2 Å². The van der Waals surface area contributed by atoms with Gasteiger partial charge in [-0.1, -0.05) is 18.2 Å². The van der Waals surface area contributed by atoms with Crippen LogP contribution in [-0.2, 0) is 4.79 Å². The first-order chi connectivity index (χ1) is 9.56. The number of ether oxygens (including phenoxy) is 1. The molecule has 1 amide bonds. The Kier molecular flexibility index (Phi) is 4.14. The molecule has 0 saturated carbocycles. The van der Waals surface area contributed by atoms with Gasteiger partial charge in [0.1, 0.15) is 17.3 Å². The summed E-state index contributed by atoms with van der Waals surface area (Å²) < 4.78 is 31.5. The largest absolute Gasteiger partial charge is 0.484 e. The van der Waals surface area contributed by atoms with Gasteiger partial charge in [0.15, 0.2) is 12.4 Å². The highest BCUT2D eigenvalue weighted by molar-refractivity contribution is 5.94. The SMILES string of the molecule is Nc1cc(F)cc(F)c1NC(=O)COc1ccccc1. The molecule has 6 heteroatoms. The molecule has 2 aromatic rings. The standard InChI is InChI=1S/C14H12F2N2O2/c15-9-6-11(16)14(12(17)7-9)18-13(19)8-20-10-4-2-1-3-5-10/h1-7H,8,17H2,(H,18,19). The molecule has 0 heterocycles. The van der Waals surface area contributed by atoms with Gasteiger partial charge in [0.2, 0.25) is 0 Å². The summed E-state index contributed by atoms with van der Waals surface area (Å²) >= 11 is 0. The lowest BCUT2D eigenvalue weighted by atomic mass is 10.2. The van der Waals surface area contributed by atoms with Crippen LogP contribution >= 0.6 is 0 Å². The summed E-state index contributed by atoms with van der Waals surface area (Å²) in [4.78, 5) is 11.6. The third-order valence-electron chi connectivity index (χ3n) is 2.46. The molecule has 0 aliphatic heterocycles. The van der Waals surface area contributed by atoms with Crippen molar-refractivity contribution in [1.29, 1.82) is 0 Å². The van der Waals surface area contributed by atoms with Gasteiger partial charge in [-0.15, -0.1) is 0 Å². The van der Waals surface area contributed by atoms with Crippen LogP contribution in [-0.4, -0.2) is 12.5 Å². The minimum Gasteiger partial charge on any atom is -0.484 e. The molecular formula is C14H12F2N2O2. The smallest absolute Gasteiger partial charge is 0.262 e. The van der Waals surface area contributed by atoms with Crippen molar-refractivity contribution in [1.82, 2.24) is 0 Å². The summed E-state index contributed by atoms with van der Waals surface area (Å²) in [7, 11) is 0. The van der Waals surface area contributed by atoms with Crippen molar-refractivity contribution in [3.05, 3.63) is 54.1 Å². The fourth-order valence-electron chi connectivity index (χ4n) is 1.57. The van der Waals surface area contributed by atoms with Crippen molar-refractivity contribution >= 4 is 17.3 Å². The second kappa shape index (κ2) is 6.01. The highest BCUT2D eigenvalue weighted by Gasteiger charge is 2.12. The number of halogens is 2. The van der Waals surface area contributed by atoms with Crippen LogP contribution in [0.3, 0.4) is 0 Å². The molecule has 0 saturated heterocycles. The van der Waals surface area contributed by atoms with Gasteiger partial charge in [0, 0.05) is 6.07 Å². The van der Waals surface area contributed by atoms with E-state index in [-0.39, 0.29) is 18.0 Å². The van der Waals surface area contributed by atoms with Crippen molar-refractivity contribution in [2.75, 3.05) is 17.7 Å². The van der Waals surface area contributed by atoms with E-state index in [1.165, 1.54) is 0 Å². The van der Waals surface area contributed by atoms with Crippen molar-refractivity contribution < 1.29 is 18.3 Å². The molecule has 0 bridgehead atoms. The molecule has 2 aromatic carbocycles. The molecule has 104 valence electrons. The van der Waals surface area contributed by atoms with Gasteiger partial charge in [-0.25, -0.2) is 8.78 Å². The van der Waals surface area contributed by atoms with Gasteiger partial charge < -0.3 is 15.8 Å². The highest BCUT2D eigenvalue weighted by Crippen LogP contribution is 2.23. The van der Waals surface area contributed by atoms with E-state index in [9.17, 15) is 13.6 Å². The summed E-state index contributed by atoms with van der Waals surface area (Å²) in [5.41, 5.74) is 5.00. The van der Waals surface area contributed by atoms with Crippen molar-refractivity contribution in [3.8, 4) is 5.75 Å². The Balaban J connectivity index is 1.98. The number of benzene rings is 2. The normalized spacial score (nSPS) is 10.1. The molecule has 20 heavy (non-hydrogen) atoms. The third-order valence-corrected chi connectivity index (χ3v) is 2.46. The summed E-state index contributed by atoms with van der Waals surface area (Å²) in [5.74, 6) is -1.82. The summed E-state index contributed by atoms with van der Waals surface area (Å²) in [5, 5.41) is 2.25. The zero-order valence-corrected chi connectivity index (χ0v) is 10.4. The number of carbonyl (C=O) groups is 1. The topological polar surface area (TPSA) is 64.3 Å². The van der Waals surface area contributed by atoms with Crippen LogP contribution in [0, 0.1) is 11.6 Å². The minimum atomic E-state index is -0.935. The number of amides is 1. The van der Waals surface area contributed by atoms with Gasteiger partial charge in [0.25, 0.3) is 5.91 Å². The monoisotopic (exact) mass is 278 g/mol. The van der Waals surface area contributed by atoms with Crippen LogP contribution in [0.25, 0.3) is 0 Å². The average molecular weight is 278 g/mol. The van der Waals surface area contributed by atoms with Crippen molar-refractivity contribution in [2.24, 2.45) is 0 Å². The van der Waals surface area contributed by atoms with E-state index >= 15 is 0 Å². The number of nitrogens with one attached hydrogen (secondary N) is 1. The number of anilines is 2. The van der Waals surface area contributed by atoms with E-state index in [1.807, 2.05) is 6.07 Å². The number of nitrogen functional groups attached to an aromatic ring is 1. The van der Waals surface area contributed by atoms with Crippen LogP contribution in [0.5, 0.6) is 5.75 Å². The maximum Gasteiger partial charge on any atom is 0.262 e. The Morgan fingerprint density at radius 2 is 1.90 bits per heavy atom. The molecule has 0 spiro atoms. The Hall–Kier alpha value is -2.63. The molecule has 3 N–H and O–H groups in total. The van der Waals surface area contributed by atoms with Gasteiger partial charge >= 0.3 is 0 Å². The number of carbonyl (C=O) groups excluding carboxylic acids is 1. The Bertz CT molecular complexity index is 595. The Morgan fingerprint density at radius 1 is 1.20 bits per heavy atom. The quantitative estimate of drug-likeness (QED) is 0.845. The van der Waals surface area contributed by atoms with E-state index in [4.69, 9.17) is 10.5 Å². The number of hydrogen-bond acceptors (Lipinski definition) is 3. The molecule has 0 aliphatic rings. The van der Waals surface area contributed by atoms with Crippen molar-refractivity contribution in [3.63, 3.8) is 0 Å². The molecule has 0 radical (unpaired) electrons. The van der Waals surface area contributed by atoms with Crippen LogP contribution in [0.15, 0.2) is 42.5 Å². The van der Waals surface area contributed by atoms with E-state index < -0.39 is 17.5 Å². The lowest BCUT2D eigenvalue weighted by molar-refractivity contribution is -0.118. The second-order valence-electron chi connectivity index (χ2n) is 4.00. The zero-order chi connectivity index (χ0) is 14.5. The fourth-order valence-corrected chi connectivity index (χ4v) is 1.57. The average Bonchev–Trinajstić information content (AvgIpc) is 2.42. The van der Waals surface area contributed by atoms with Crippen LogP contribution in [0.4, 0.5) is 20.2 Å². The van der Waals surface area contributed by atoms with Gasteiger partial charge in [-0.3, -0.25) is 4.79 Å². The van der Waals surface area contributed by atoms with Gasteiger partial charge in [0.05, 0.1) is 5.69 Å². The van der Waals surface area contributed by atoms with E-state index in [0.29, 0.717) is 11.8 Å². The zero-order valence-electron chi connectivity index (χ0n) is 10.4. The van der Waals surface area contributed by atoms with Crippen LogP contribution in [0.2, 0.25) is 0 Å². The first-order valence-corrected chi connectivity index (χ1v) is 5.78. The predicted octanol–water partition coefficient (Wildman–Crippen LogP) is 2.56. The van der Waals surface area contributed by atoms with Gasteiger partial charge in [-0.2, -0.15) is 0 Å². The number of hydrogen-bond donors (Lipinski definition) is 2. The van der Waals surface area contributed by atoms with Crippen LogP contribution in [0.1, 0.15) is 0 Å². The van der Waals surface area contributed by atoms with Crippen molar-refractivity contribution in [2.45, 2.75) is 0 Å². The Morgan fingerprint density at radius 3 is 2.55 bits per heavy atom. The van der Waals surface area contributed by atoms with E-state index in [1.54, 1.807) is 24.3 Å². The number of rotatable bonds is 4. The fraction of sp³-hybridized carbons (Fsp3) is 0.0714. The summed E-state index contributed by atoms with van der Waals surface area (Å²) in [6, 6.07) is 10.2. The molecule has 0 unspecified atom stereocenters. The lowest BCUT2D eigenvalue weighted by Crippen LogP contribution is -2.21. The molecule has 0 aromatic heterocycles. The van der Waals surface area contributed by atoms with Crippen LogP contribution < -0.4 is 15.8 Å². The maximum atomic E-state index is 13.5.